The van der Waals surface area contributed by atoms with Gasteiger partial charge >= 0.3 is 5.97 Å². The van der Waals surface area contributed by atoms with Crippen LogP contribution in [0.4, 0.5) is 0 Å². The minimum atomic E-state index is -0.763. The van der Waals surface area contributed by atoms with Gasteiger partial charge in [0.2, 0.25) is 0 Å². The van der Waals surface area contributed by atoms with Gasteiger partial charge in [-0.1, -0.05) is 17.7 Å². The molecule has 0 aliphatic carbocycles. The zero-order valence-corrected chi connectivity index (χ0v) is 8.79. The van der Waals surface area contributed by atoms with Crippen LogP contribution in [0.2, 0.25) is 0 Å². The molecule has 0 aliphatic heterocycles. The van der Waals surface area contributed by atoms with Crippen LogP contribution < -0.4 is 0 Å². The molecule has 0 saturated heterocycles. The van der Waals surface area contributed by atoms with Gasteiger partial charge in [0, 0.05) is 24.7 Å². The second-order valence-electron chi connectivity index (χ2n) is 3.09. The summed E-state index contributed by atoms with van der Waals surface area (Å²) in [7, 11) is 0. The molecule has 3 nitrogen and oxygen atoms in total. The third-order valence-electron chi connectivity index (χ3n) is 1.77. The zero-order valence-electron chi connectivity index (χ0n) is 8.03. The summed E-state index contributed by atoms with van der Waals surface area (Å²) in [5.74, 6) is -0.763. The van der Waals surface area contributed by atoms with Gasteiger partial charge in [-0.15, -0.1) is 0 Å². The first-order valence-electron chi connectivity index (χ1n) is 4.29. The smallest absolute Gasteiger partial charge is 0.304 e. The highest BCUT2D eigenvalue weighted by atomic mass is 35.5. The van der Waals surface area contributed by atoms with Gasteiger partial charge in [-0.2, -0.15) is 0 Å². The van der Waals surface area contributed by atoms with Crippen molar-refractivity contribution in [3.05, 3.63) is 11.6 Å². The maximum Gasteiger partial charge on any atom is 0.304 e. The highest BCUT2D eigenvalue weighted by Gasteiger charge is 2.08. The first kappa shape index (κ1) is 12.5. The molecular weight excluding hydrogens is 190 g/mol. The van der Waals surface area contributed by atoms with Crippen LogP contribution in [0.15, 0.2) is 11.6 Å². The van der Waals surface area contributed by atoms with Gasteiger partial charge in [0.15, 0.2) is 0 Å². The van der Waals surface area contributed by atoms with Gasteiger partial charge in [0.1, 0.15) is 0 Å². The molecule has 4 heteroatoms. The summed E-state index contributed by atoms with van der Waals surface area (Å²) in [6, 6.07) is 0.340. The normalized spacial score (nSPS) is 11.8. The molecule has 0 aromatic rings. The van der Waals surface area contributed by atoms with Crippen molar-refractivity contribution in [3.8, 4) is 0 Å². The molecule has 0 unspecified atom stereocenters. The lowest BCUT2D eigenvalue weighted by molar-refractivity contribution is -0.137. The van der Waals surface area contributed by atoms with E-state index in [1.54, 1.807) is 0 Å². The number of nitrogens with zero attached hydrogens (tertiary/aromatic N) is 1. The van der Waals surface area contributed by atoms with E-state index in [-0.39, 0.29) is 6.42 Å². The quantitative estimate of drug-likeness (QED) is 0.721. The predicted molar refractivity (Wildman–Crippen MR) is 54.0 cm³/mol. The number of carboxylic acids is 1. The molecule has 0 aliphatic rings. The maximum absolute atomic E-state index is 10.3. The second kappa shape index (κ2) is 6.92. The Labute approximate surface area is 84.0 Å². The van der Waals surface area contributed by atoms with E-state index in [0.29, 0.717) is 19.1 Å². The maximum atomic E-state index is 10.3. The zero-order chi connectivity index (χ0) is 10.3. The minimum absolute atomic E-state index is 0.175. The molecule has 0 heterocycles. The largest absolute Gasteiger partial charge is 0.481 e. The molecule has 0 rings (SSSR count). The van der Waals surface area contributed by atoms with Crippen molar-refractivity contribution in [2.75, 3.05) is 13.1 Å². The molecule has 0 radical (unpaired) electrons. The molecule has 13 heavy (non-hydrogen) atoms. The summed E-state index contributed by atoms with van der Waals surface area (Å²) in [5, 5.41) is 8.50. The van der Waals surface area contributed by atoms with Crippen LogP contribution >= 0.6 is 11.6 Å². The molecule has 0 amide bonds. The van der Waals surface area contributed by atoms with Gasteiger partial charge in [-0.3, -0.25) is 9.69 Å². The fourth-order valence-electron chi connectivity index (χ4n) is 0.975. The fraction of sp³-hybridized carbons (Fsp3) is 0.667. The van der Waals surface area contributed by atoms with E-state index in [1.165, 1.54) is 5.54 Å². The average Bonchev–Trinajstić information content (AvgIpc) is 2.03. The highest BCUT2D eigenvalue weighted by molar-refractivity contribution is 6.25. The Hall–Kier alpha value is -0.540. The van der Waals surface area contributed by atoms with Crippen LogP contribution in [0.3, 0.4) is 0 Å². The third kappa shape index (κ3) is 6.61. The molecular formula is C9H16ClNO2. The molecule has 0 aromatic heterocycles. The standard InChI is InChI=1S/C9H16ClNO2/c1-8(2)11(6-3-5-10)7-4-9(12)13/h3,5,8H,4,6-7H2,1-2H3,(H,12,13)/b5-3+. The van der Waals surface area contributed by atoms with Crippen molar-refractivity contribution in [2.45, 2.75) is 26.3 Å². The van der Waals surface area contributed by atoms with E-state index in [1.807, 2.05) is 24.8 Å². The molecule has 0 aromatic carbocycles. The number of aliphatic carboxylic acids is 1. The molecule has 0 fully saturated rings. The number of hydrogen-bond donors (Lipinski definition) is 1. The van der Waals surface area contributed by atoms with Crippen LogP contribution in [0.25, 0.3) is 0 Å². The molecule has 0 atom stereocenters. The number of carboxylic acid groups (broad SMARTS) is 1. The summed E-state index contributed by atoms with van der Waals surface area (Å²) in [4.78, 5) is 12.4. The first-order valence-corrected chi connectivity index (χ1v) is 4.72. The number of rotatable bonds is 6. The Morgan fingerprint density at radius 2 is 2.23 bits per heavy atom. The first-order chi connectivity index (χ1) is 6.07. The van der Waals surface area contributed by atoms with Gasteiger partial charge in [-0.05, 0) is 13.8 Å². The van der Waals surface area contributed by atoms with E-state index in [9.17, 15) is 4.79 Å². The summed E-state index contributed by atoms with van der Waals surface area (Å²) in [6.07, 6.45) is 1.98. The topological polar surface area (TPSA) is 40.5 Å². The lowest BCUT2D eigenvalue weighted by atomic mass is 10.3. The lowest BCUT2D eigenvalue weighted by Crippen LogP contribution is -2.33. The van der Waals surface area contributed by atoms with Gasteiger partial charge in [-0.25, -0.2) is 0 Å². The number of hydrogen-bond acceptors (Lipinski definition) is 2. The molecule has 1 N–H and O–H groups in total. The SMILES string of the molecule is CC(C)N(C/C=C/Cl)CCC(=O)O. The van der Waals surface area contributed by atoms with E-state index in [0.717, 1.165) is 0 Å². The Bertz CT molecular complexity index is 180. The monoisotopic (exact) mass is 205 g/mol. The predicted octanol–water partition coefficient (Wildman–Crippen LogP) is 1.92. The van der Waals surface area contributed by atoms with Gasteiger partial charge < -0.3 is 5.11 Å². The van der Waals surface area contributed by atoms with Crippen LogP contribution in [-0.2, 0) is 4.79 Å². The summed E-state index contributed by atoms with van der Waals surface area (Å²) in [6.45, 7) is 5.33. The summed E-state index contributed by atoms with van der Waals surface area (Å²) >= 11 is 5.39. The van der Waals surface area contributed by atoms with Crippen molar-refractivity contribution in [2.24, 2.45) is 0 Å². The Balaban J connectivity index is 3.87. The summed E-state index contributed by atoms with van der Waals surface area (Å²) in [5.41, 5.74) is 1.45. The van der Waals surface area contributed by atoms with Crippen LogP contribution in [0, 0.1) is 0 Å². The van der Waals surface area contributed by atoms with Crippen molar-refractivity contribution in [3.63, 3.8) is 0 Å². The van der Waals surface area contributed by atoms with Crippen molar-refractivity contribution in [1.29, 1.82) is 0 Å². The van der Waals surface area contributed by atoms with Gasteiger partial charge in [0.05, 0.1) is 6.42 Å². The summed E-state index contributed by atoms with van der Waals surface area (Å²) < 4.78 is 0. The number of carbonyl (C=O) groups is 1. The Kier molecular flexibility index (Phi) is 6.63. The molecule has 76 valence electrons. The lowest BCUT2D eigenvalue weighted by Gasteiger charge is -2.23. The fourth-order valence-corrected chi connectivity index (χ4v) is 1.05. The Morgan fingerprint density at radius 3 is 2.62 bits per heavy atom. The van der Waals surface area contributed by atoms with E-state index < -0.39 is 5.97 Å². The van der Waals surface area contributed by atoms with Crippen LogP contribution in [-0.4, -0.2) is 35.1 Å². The van der Waals surface area contributed by atoms with E-state index >= 15 is 0 Å². The van der Waals surface area contributed by atoms with Crippen LogP contribution in [0.5, 0.6) is 0 Å². The van der Waals surface area contributed by atoms with E-state index in [4.69, 9.17) is 16.7 Å². The number of halogens is 1. The van der Waals surface area contributed by atoms with Crippen molar-refractivity contribution >= 4 is 17.6 Å². The van der Waals surface area contributed by atoms with Gasteiger partial charge in [0.25, 0.3) is 0 Å². The Morgan fingerprint density at radius 1 is 1.62 bits per heavy atom. The molecule has 0 bridgehead atoms. The van der Waals surface area contributed by atoms with Crippen LogP contribution in [0.1, 0.15) is 20.3 Å². The minimum Gasteiger partial charge on any atom is -0.481 e. The van der Waals surface area contributed by atoms with Crippen molar-refractivity contribution in [1.82, 2.24) is 4.90 Å². The van der Waals surface area contributed by atoms with Crippen molar-refractivity contribution < 1.29 is 9.90 Å². The molecule has 0 saturated carbocycles. The van der Waals surface area contributed by atoms with E-state index in [2.05, 4.69) is 0 Å². The average molecular weight is 206 g/mol. The second-order valence-corrected chi connectivity index (χ2v) is 3.35. The highest BCUT2D eigenvalue weighted by Crippen LogP contribution is 2.00. The third-order valence-corrected chi connectivity index (χ3v) is 1.95. The molecule has 0 spiro atoms.